The Bertz CT molecular complexity index is 555. The highest BCUT2D eigenvalue weighted by Crippen LogP contribution is 2.24. The maximum Gasteiger partial charge on any atom is 0.413 e. The second-order valence-electron chi connectivity index (χ2n) is 2.99. The minimum Gasteiger partial charge on any atom is -0.453 e. The molecule has 0 aliphatic heterocycles. The summed E-state index contributed by atoms with van der Waals surface area (Å²) in [6.07, 6.45) is -0.671. The zero-order chi connectivity index (χ0) is 11.7. The smallest absolute Gasteiger partial charge is 0.413 e. The van der Waals surface area contributed by atoms with Crippen molar-refractivity contribution < 1.29 is 13.9 Å². The summed E-state index contributed by atoms with van der Waals surface area (Å²) in [6.45, 7) is 0. The zero-order valence-corrected chi connectivity index (χ0v) is 8.93. The summed E-state index contributed by atoms with van der Waals surface area (Å²) in [5.41, 5.74) is 0.783. The number of methoxy groups -OCH3 is 1. The molecule has 0 fully saturated rings. The van der Waals surface area contributed by atoms with Gasteiger partial charge in [0.05, 0.1) is 17.6 Å². The molecule has 1 aromatic heterocycles. The van der Waals surface area contributed by atoms with Crippen LogP contribution in [0.3, 0.4) is 0 Å². The van der Waals surface area contributed by atoms with Crippen molar-refractivity contribution in [2.24, 2.45) is 0 Å². The van der Waals surface area contributed by atoms with Gasteiger partial charge in [0.2, 0.25) is 5.95 Å². The molecule has 0 saturated heterocycles. The molecule has 0 atom stereocenters. The van der Waals surface area contributed by atoms with Crippen LogP contribution in [0.15, 0.2) is 12.1 Å². The van der Waals surface area contributed by atoms with Crippen LogP contribution in [0.4, 0.5) is 15.1 Å². The molecule has 1 amide bonds. The molecule has 0 aliphatic rings. The highest BCUT2D eigenvalue weighted by atomic mass is 35.5. The van der Waals surface area contributed by atoms with Gasteiger partial charge in [-0.05, 0) is 12.1 Å². The number of anilines is 1. The predicted molar refractivity (Wildman–Crippen MR) is 57.1 cm³/mol. The Kier molecular flexibility index (Phi) is 2.66. The minimum absolute atomic E-state index is 0.148. The highest BCUT2D eigenvalue weighted by molar-refractivity contribution is 6.35. The fourth-order valence-corrected chi connectivity index (χ4v) is 1.50. The number of aromatic nitrogens is 2. The lowest BCUT2D eigenvalue weighted by Crippen LogP contribution is -2.11. The molecule has 0 spiro atoms. The number of hydrogen-bond acceptors (Lipinski definition) is 3. The minimum atomic E-state index is -0.671. The third-order valence-corrected chi connectivity index (χ3v) is 2.20. The van der Waals surface area contributed by atoms with Gasteiger partial charge in [0, 0.05) is 0 Å². The lowest BCUT2D eigenvalue weighted by Gasteiger charge is -1.96. The number of aromatic amines is 1. The maximum absolute atomic E-state index is 13.0. The second-order valence-corrected chi connectivity index (χ2v) is 3.39. The first kappa shape index (κ1) is 10.7. The van der Waals surface area contributed by atoms with Crippen LogP contribution in [0.2, 0.25) is 5.02 Å². The number of nitrogens with one attached hydrogen (secondary N) is 2. The summed E-state index contributed by atoms with van der Waals surface area (Å²) in [5.74, 6) is -0.333. The van der Waals surface area contributed by atoms with Gasteiger partial charge in [-0.1, -0.05) is 11.6 Å². The molecule has 1 heterocycles. The van der Waals surface area contributed by atoms with Gasteiger partial charge < -0.3 is 9.72 Å². The fraction of sp³-hybridized carbons (Fsp3) is 0.111. The summed E-state index contributed by atoms with van der Waals surface area (Å²) < 4.78 is 17.4. The first-order valence-corrected chi connectivity index (χ1v) is 4.67. The molecule has 2 aromatic rings. The largest absolute Gasteiger partial charge is 0.453 e. The standard InChI is InChI=1S/C9H7ClFN3O2/c1-16-9(15)14-8-12-6-3-4(11)2-5(10)7(6)13-8/h2-3H,1H3,(H2,12,13,14,15). The molecule has 0 bridgehead atoms. The van der Waals surface area contributed by atoms with Gasteiger partial charge in [-0.15, -0.1) is 0 Å². The lowest BCUT2D eigenvalue weighted by atomic mass is 10.3. The van der Waals surface area contributed by atoms with Gasteiger partial charge in [-0.3, -0.25) is 5.32 Å². The van der Waals surface area contributed by atoms with Gasteiger partial charge in [0.25, 0.3) is 0 Å². The van der Waals surface area contributed by atoms with Gasteiger partial charge in [-0.25, -0.2) is 14.2 Å². The van der Waals surface area contributed by atoms with Crippen molar-refractivity contribution in [3.63, 3.8) is 0 Å². The summed E-state index contributed by atoms with van der Waals surface area (Å²) in [7, 11) is 1.23. The van der Waals surface area contributed by atoms with Gasteiger partial charge >= 0.3 is 6.09 Å². The van der Waals surface area contributed by atoms with Crippen LogP contribution in [0.1, 0.15) is 0 Å². The Morgan fingerprint density at radius 3 is 3.06 bits per heavy atom. The van der Waals surface area contributed by atoms with E-state index in [1.54, 1.807) is 0 Å². The van der Waals surface area contributed by atoms with Crippen LogP contribution in [-0.4, -0.2) is 23.2 Å². The molecule has 5 nitrogen and oxygen atoms in total. The molecule has 7 heteroatoms. The first-order valence-electron chi connectivity index (χ1n) is 4.30. The molecule has 1 aromatic carbocycles. The molecule has 2 N–H and O–H groups in total. The highest BCUT2D eigenvalue weighted by Gasteiger charge is 2.10. The number of carbonyl (C=O) groups is 1. The van der Waals surface area contributed by atoms with E-state index >= 15 is 0 Å². The number of benzene rings is 1. The van der Waals surface area contributed by atoms with Crippen LogP contribution < -0.4 is 5.32 Å². The average molecular weight is 244 g/mol. The summed E-state index contributed by atoms with van der Waals surface area (Å²) in [5, 5.41) is 2.49. The maximum atomic E-state index is 13.0. The molecule has 0 aliphatic carbocycles. The normalized spacial score (nSPS) is 10.4. The van der Waals surface area contributed by atoms with Crippen LogP contribution in [0.25, 0.3) is 11.0 Å². The van der Waals surface area contributed by atoms with E-state index in [-0.39, 0.29) is 11.0 Å². The molecule has 0 radical (unpaired) electrons. The van der Waals surface area contributed by atoms with Gasteiger partial charge in [-0.2, -0.15) is 0 Å². The number of nitrogens with zero attached hydrogens (tertiary/aromatic N) is 1. The van der Waals surface area contributed by atoms with E-state index < -0.39 is 11.9 Å². The molecular weight excluding hydrogens is 237 g/mol. The van der Waals surface area contributed by atoms with E-state index in [4.69, 9.17) is 11.6 Å². The number of imidazole rings is 1. The van der Waals surface area contributed by atoms with Gasteiger partial charge in [0.1, 0.15) is 11.3 Å². The third-order valence-electron chi connectivity index (χ3n) is 1.91. The molecule has 0 saturated carbocycles. The van der Waals surface area contributed by atoms with Crippen LogP contribution in [0.5, 0.6) is 0 Å². The van der Waals surface area contributed by atoms with Crippen molar-refractivity contribution in [3.05, 3.63) is 23.0 Å². The van der Waals surface area contributed by atoms with E-state index in [2.05, 4.69) is 20.0 Å². The molecule has 2 rings (SSSR count). The third kappa shape index (κ3) is 1.92. The number of carbonyl (C=O) groups excluding carboxylic acids is 1. The Balaban J connectivity index is 2.44. The summed E-state index contributed by atoms with van der Waals surface area (Å²) >= 11 is 5.78. The zero-order valence-electron chi connectivity index (χ0n) is 8.17. The Morgan fingerprint density at radius 1 is 1.62 bits per heavy atom. The number of halogens is 2. The first-order chi connectivity index (χ1) is 7.60. The van der Waals surface area contributed by atoms with E-state index in [0.717, 1.165) is 6.07 Å². The number of ether oxygens (including phenoxy) is 1. The number of amides is 1. The number of fused-ring (bicyclic) bond motifs is 1. The number of rotatable bonds is 1. The van der Waals surface area contributed by atoms with Crippen molar-refractivity contribution in [3.8, 4) is 0 Å². The van der Waals surface area contributed by atoms with Crippen LogP contribution in [-0.2, 0) is 4.74 Å². The monoisotopic (exact) mass is 243 g/mol. The Hall–Kier alpha value is -1.82. The van der Waals surface area contributed by atoms with Crippen molar-refractivity contribution in [2.45, 2.75) is 0 Å². The number of hydrogen-bond donors (Lipinski definition) is 2. The average Bonchev–Trinajstić information content (AvgIpc) is 2.60. The van der Waals surface area contributed by atoms with E-state index in [9.17, 15) is 9.18 Å². The van der Waals surface area contributed by atoms with Gasteiger partial charge in [0.15, 0.2) is 0 Å². The van der Waals surface area contributed by atoms with Crippen LogP contribution >= 0.6 is 11.6 Å². The SMILES string of the molecule is COC(=O)Nc1nc2c(Cl)cc(F)cc2[nH]1. The summed E-state index contributed by atoms with van der Waals surface area (Å²) in [4.78, 5) is 17.6. The van der Waals surface area contributed by atoms with E-state index in [0.29, 0.717) is 11.0 Å². The molecular formula is C9H7ClFN3O2. The quantitative estimate of drug-likeness (QED) is 0.809. The topological polar surface area (TPSA) is 67.0 Å². The van der Waals surface area contributed by atoms with E-state index in [1.165, 1.54) is 13.2 Å². The predicted octanol–water partition coefficient (Wildman–Crippen LogP) is 2.53. The fourth-order valence-electron chi connectivity index (χ4n) is 1.25. The number of H-pyrrole nitrogens is 1. The Labute approximate surface area is 94.6 Å². The Morgan fingerprint density at radius 2 is 2.38 bits per heavy atom. The second kappa shape index (κ2) is 3.97. The van der Waals surface area contributed by atoms with Crippen molar-refractivity contribution in [1.29, 1.82) is 0 Å². The lowest BCUT2D eigenvalue weighted by molar-refractivity contribution is 0.186. The van der Waals surface area contributed by atoms with Crippen molar-refractivity contribution in [2.75, 3.05) is 12.4 Å². The molecule has 0 unspecified atom stereocenters. The van der Waals surface area contributed by atoms with Crippen LogP contribution in [0, 0.1) is 5.82 Å². The summed E-state index contributed by atoms with van der Waals surface area (Å²) in [6, 6.07) is 2.38. The molecule has 84 valence electrons. The van der Waals surface area contributed by atoms with E-state index in [1.807, 2.05) is 0 Å². The van der Waals surface area contributed by atoms with Crippen molar-refractivity contribution >= 4 is 34.7 Å². The molecule has 16 heavy (non-hydrogen) atoms. The van der Waals surface area contributed by atoms with Crippen molar-refractivity contribution in [1.82, 2.24) is 9.97 Å².